The summed E-state index contributed by atoms with van der Waals surface area (Å²) in [6, 6.07) is 29.6. The zero-order valence-electron chi connectivity index (χ0n) is 15.4. The number of rotatable bonds is 7. The van der Waals surface area contributed by atoms with Crippen LogP contribution in [0.15, 0.2) is 91.0 Å². The molecule has 0 aliphatic heterocycles. The van der Waals surface area contributed by atoms with Crippen molar-refractivity contribution in [1.29, 1.82) is 0 Å². The van der Waals surface area contributed by atoms with Gasteiger partial charge in [-0.05, 0) is 41.3 Å². The molecule has 0 saturated carbocycles. The van der Waals surface area contributed by atoms with Crippen LogP contribution in [0.3, 0.4) is 0 Å². The number of benzene rings is 3. The topological polar surface area (TPSA) is 21.3 Å². The van der Waals surface area contributed by atoms with Gasteiger partial charge in [0.1, 0.15) is 5.75 Å². The fraction of sp³-hybridized carbons (Fsp3) is 0.167. The molecule has 0 saturated heterocycles. The predicted octanol–water partition coefficient (Wildman–Crippen LogP) is 5.48. The molecule has 2 nitrogen and oxygen atoms in total. The molecule has 0 fully saturated rings. The Hall–Kier alpha value is -2.84. The molecule has 1 atom stereocenters. The maximum absolute atomic E-state index is 5.23. The van der Waals surface area contributed by atoms with Crippen molar-refractivity contribution >= 4 is 5.57 Å². The first-order valence-electron chi connectivity index (χ1n) is 8.96. The van der Waals surface area contributed by atoms with Gasteiger partial charge >= 0.3 is 0 Å². The lowest BCUT2D eigenvalue weighted by molar-refractivity contribution is 0.414. The Labute approximate surface area is 156 Å². The van der Waals surface area contributed by atoms with Crippen LogP contribution in [-0.4, -0.2) is 13.7 Å². The first-order valence-corrected chi connectivity index (χ1v) is 8.96. The van der Waals surface area contributed by atoms with Gasteiger partial charge in [-0.15, -0.1) is 0 Å². The first kappa shape index (κ1) is 18.0. The van der Waals surface area contributed by atoms with Crippen LogP contribution < -0.4 is 10.1 Å². The van der Waals surface area contributed by atoms with E-state index in [-0.39, 0.29) is 6.04 Å². The molecule has 0 heterocycles. The standard InChI is InChI=1S/C24H25NO/c1-19(20-13-15-23(26-2)16-14-20)25-18-17-24(21-9-5-3-6-10-21)22-11-7-4-8-12-22/h3-17,19,25H,18H2,1-2H3. The van der Waals surface area contributed by atoms with Crippen LogP contribution in [0, 0.1) is 0 Å². The van der Waals surface area contributed by atoms with Crippen LogP contribution >= 0.6 is 0 Å². The second-order valence-corrected chi connectivity index (χ2v) is 6.25. The van der Waals surface area contributed by atoms with Gasteiger partial charge in [0.25, 0.3) is 0 Å². The molecule has 132 valence electrons. The fourth-order valence-corrected chi connectivity index (χ4v) is 2.99. The lowest BCUT2D eigenvalue weighted by Crippen LogP contribution is -2.18. The van der Waals surface area contributed by atoms with Gasteiger partial charge < -0.3 is 10.1 Å². The molecule has 0 aromatic heterocycles. The highest BCUT2D eigenvalue weighted by atomic mass is 16.5. The van der Waals surface area contributed by atoms with Crippen LogP contribution in [0.25, 0.3) is 5.57 Å². The molecule has 0 radical (unpaired) electrons. The molecule has 0 bridgehead atoms. The van der Waals surface area contributed by atoms with Gasteiger partial charge in [-0.25, -0.2) is 0 Å². The van der Waals surface area contributed by atoms with E-state index in [1.165, 1.54) is 22.3 Å². The van der Waals surface area contributed by atoms with Crippen molar-refractivity contribution in [3.05, 3.63) is 108 Å². The maximum atomic E-state index is 5.23. The molecular formula is C24H25NO. The largest absolute Gasteiger partial charge is 0.497 e. The maximum Gasteiger partial charge on any atom is 0.118 e. The van der Waals surface area contributed by atoms with Crippen LogP contribution in [0.4, 0.5) is 0 Å². The van der Waals surface area contributed by atoms with Crippen molar-refractivity contribution in [2.75, 3.05) is 13.7 Å². The Kier molecular flexibility index (Phi) is 6.24. The van der Waals surface area contributed by atoms with E-state index in [4.69, 9.17) is 4.74 Å². The summed E-state index contributed by atoms with van der Waals surface area (Å²) >= 11 is 0. The van der Waals surface area contributed by atoms with E-state index in [1.54, 1.807) is 7.11 Å². The van der Waals surface area contributed by atoms with Gasteiger partial charge in [0.15, 0.2) is 0 Å². The first-order chi connectivity index (χ1) is 12.8. The van der Waals surface area contributed by atoms with Crippen molar-refractivity contribution in [2.24, 2.45) is 0 Å². The van der Waals surface area contributed by atoms with E-state index >= 15 is 0 Å². The van der Waals surface area contributed by atoms with E-state index in [9.17, 15) is 0 Å². The molecule has 3 rings (SSSR count). The average Bonchev–Trinajstić information content (AvgIpc) is 2.72. The summed E-state index contributed by atoms with van der Waals surface area (Å²) in [7, 11) is 1.69. The summed E-state index contributed by atoms with van der Waals surface area (Å²) in [6.07, 6.45) is 2.27. The Bertz CT molecular complexity index is 782. The Balaban J connectivity index is 1.74. The SMILES string of the molecule is COc1ccc(C(C)NCC=C(c2ccccc2)c2ccccc2)cc1. The van der Waals surface area contributed by atoms with Crippen molar-refractivity contribution < 1.29 is 4.74 Å². The number of nitrogens with one attached hydrogen (secondary N) is 1. The summed E-state index contributed by atoms with van der Waals surface area (Å²) in [6.45, 7) is 2.98. The van der Waals surface area contributed by atoms with E-state index in [1.807, 2.05) is 12.1 Å². The normalized spacial score (nSPS) is 11.6. The van der Waals surface area contributed by atoms with Gasteiger partial charge in [0.2, 0.25) is 0 Å². The zero-order valence-corrected chi connectivity index (χ0v) is 15.4. The Morgan fingerprint density at radius 2 is 1.38 bits per heavy atom. The van der Waals surface area contributed by atoms with E-state index in [0.717, 1.165) is 12.3 Å². The molecule has 0 spiro atoms. The molecule has 0 aliphatic carbocycles. The minimum atomic E-state index is 0.268. The van der Waals surface area contributed by atoms with Gasteiger partial charge in [-0.2, -0.15) is 0 Å². The number of hydrogen-bond donors (Lipinski definition) is 1. The molecule has 0 aliphatic rings. The lowest BCUT2D eigenvalue weighted by Gasteiger charge is -2.15. The molecule has 26 heavy (non-hydrogen) atoms. The molecule has 3 aromatic carbocycles. The van der Waals surface area contributed by atoms with Crippen molar-refractivity contribution in [2.45, 2.75) is 13.0 Å². The van der Waals surface area contributed by atoms with Crippen LogP contribution in [0.5, 0.6) is 5.75 Å². The Morgan fingerprint density at radius 3 is 1.88 bits per heavy atom. The van der Waals surface area contributed by atoms with Crippen molar-refractivity contribution in [1.82, 2.24) is 5.32 Å². The molecular weight excluding hydrogens is 318 g/mol. The summed E-state index contributed by atoms with van der Waals surface area (Å²) in [5, 5.41) is 3.59. The fourth-order valence-electron chi connectivity index (χ4n) is 2.99. The minimum absolute atomic E-state index is 0.268. The van der Waals surface area contributed by atoms with E-state index in [0.29, 0.717) is 0 Å². The summed E-state index contributed by atoms with van der Waals surface area (Å²) in [5.74, 6) is 0.885. The highest BCUT2D eigenvalue weighted by molar-refractivity contribution is 5.79. The third-order valence-corrected chi connectivity index (χ3v) is 4.52. The number of ether oxygens (including phenoxy) is 1. The van der Waals surface area contributed by atoms with Gasteiger partial charge in [-0.1, -0.05) is 78.9 Å². The van der Waals surface area contributed by atoms with Crippen LogP contribution in [-0.2, 0) is 0 Å². The predicted molar refractivity (Wildman–Crippen MR) is 109 cm³/mol. The number of hydrogen-bond acceptors (Lipinski definition) is 2. The van der Waals surface area contributed by atoms with Gasteiger partial charge in [0, 0.05) is 12.6 Å². The number of methoxy groups -OCH3 is 1. The van der Waals surface area contributed by atoms with E-state index in [2.05, 4.69) is 91.1 Å². The van der Waals surface area contributed by atoms with Gasteiger partial charge in [-0.3, -0.25) is 0 Å². The molecule has 1 unspecified atom stereocenters. The summed E-state index contributed by atoms with van der Waals surface area (Å²) in [4.78, 5) is 0. The highest BCUT2D eigenvalue weighted by Crippen LogP contribution is 2.23. The smallest absolute Gasteiger partial charge is 0.118 e. The van der Waals surface area contributed by atoms with Gasteiger partial charge in [0.05, 0.1) is 7.11 Å². The summed E-state index contributed by atoms with van der Waals surface area (Å²) in [5.41, 5.74) is 4.97. The lowest BCUT2D eigenvalue weighted by atomic mass is 9.97. The van der Waals surface area contributed by atoms with Crippen molar-refractivity contribution in [3.63, 3.8) is 0 Å². The van der Waals surface area contributed by atoms with Crippen LogP contribution in [0.1, 0.15) is 29.7 Å². The van der Waals surface area contributed by atoms with E-state index < -0.39 is 0 Å². The monoisotopic (exact) mass is 343 g/mol. The molecule has 2 heteroatoms. The van der Waals surface area contributed by atoms with Crippen LogP contribution in [0.2, 0.25) is 0 Å². The zero-order chi connectivity index (χ0) is 18.2. The molecule has 1 N–H and O–H groups in total. The second-order valence-electron chi connectivity index (χ2n) is 6.25. The molecule has 0 amide bonds. The highest BCUT2D eigenvalue weighted by Gasteiger charge is 2.06. The average molecular weight is 343 g/mol. The molecule has 3 aromatic rings. The third kappa shape index (κ3) is 4.62. The minimum Gasteiger partial charge on any atom is -0.497 e. The quantitative estimate of drug-likeness (QED) is 0.613. The Morgan fingerprint density at radius 1 is 0.846 bits per heavy atom. The second kappa shape index (κ2) is 9.02. The van der Waals surface area contributed by atoms with Crippen molar-refractivity contribution in [3.8, 4) is 5.75 Å². The summed E-state index contributed by atoms with van der Waals surface area (Å²) < 4.78 is 5.23. The third-order valence-electron chi connectivity index (χ3n) is 4.52.